The van der Waals surface area contributed by atoms with Crippen molar-refractivity contribution in [3.63, 3.8) is 0 Å². The number of nitro benzene ring substituents is 2. The monoisotopic (exact) mass is 1280 g/mol. The molecule has 0 bridgehead atoms. The second-order valence-electron chi connectivity index (χ2n) is 25.7. The fourth-order valence-corrected chi connectivity index (χ4v) is 15.9. The molecular formula is C74H72Br2N6O5+2. The zero-order valence-electron chi connectivity index (χ0n) is 51.5. The van der Waals surface area contributed by atoms with Crippen molar-refractivity contribution in [1.82, 2.24) is 0 Å². The van der Waals surface area contributed by atoms with Crippen LogP contribution in [0.15, 0.2) is 190 Å². The topological polar surface area (TPSA) is 108 Å². The second kappa shape index (κ2) is 21.9. The molecule has 12 rings (SSSR count). The number of ether oxygens (including phenoxy) is 1. The summed E-state index contributed by atoms with van der Waals surface area (Å²) in [7, 11) is 4.03. The number of halogens is 2. The van der Waals surface area contributed by atoms with Crippen LogP contribution in [0.4, 0.5) is 34.1 Å². The molecule has 2 unspecified atom stereocenters. The van der Waals surface area contributed by atoms with E-state index in [2.05, 4.69) is 266 Å². The number of anilines is 2. The number of nitrogens with zero attached hydrogens (tertiary/aromatic N) is 6. The Morgan fingerprint density at radius 2 is 0.920 bits per heavy atom. The Morgan fingerprint density at radius 3 is 1.30 bits per heavy atom. The molecule has 4 aliphatic heterocycles. The average molecular weight is 1290 g/mol. The van der Waals surface area contributed by atoms with Crippen molar-refractivity contribution in [2.24, 2.45) is 0 Å². The van der Waals surface area contributed by atoms with Crippen molar-refractivity contribution in [3.8, 4) is 0 Å². The van der Waals surface area contributed by atoms with Crippen LogP contribution in [0.1, 0.15) is 97.2 Å². The molecule has 0 aromatic heterocycles. The Morgan fingerprint density at radius 1 is 0.529 bits per heavy atom. The summed E-state index contributed by atoms with van der Waals surface area (Å²) < 4.78 is 12.7. The summed E-state index contributed by atoms with van der Waals surface area (Å²) in [5, 5.41) is 29.4. The van der Waals surface area contributed by atoms with Gasteiger partial charge in [-0.1, -0.05) is 108 Å². The summed E-state index contributed by atoms with van der Waals surface area (Å²) in [6.07, 6.45) is 14.6. The van der Waals surface area contributed by atoms with Gasteiger partial charge in [-0.2, -0.15) is 9.15 Å². The molecule has 0 saturated heterocycles. The van der Waals surface area contributed by atoms with Gasteiger partial charge in [0.25, 0.3) is 24.8 Å². The number of rotatable bonds is 14. The molecule has 0 amide bonds. The van der Waals surface area contributed by atoms with Crippen LogP contribution in [-0.2, 0) is 39.2 Å². The average Bonchev–Trinajstić information content (AvgIpc) is 1.90. The van der Waals surface area contributed by atoms with E-state index in [0.717, 1.165) is 56.7 Å². The number of allylic oxidation sites excluding steroid dienone is 8. The molecule has 0 fully saturated rings. The maximum Gasteiger partial charge on any atom is 0.285 e. The van der Waals surface area contributed by atoms with Crippen molar-refractivity contribution in [2.75, 3.05) is 37.4 Å². The SMILES string of the molecule is Cc1ccc(CC2(C)/C(=C\C=C\C3=[N+](COC[N+]4=C(/C=C/C=C5/N(C)c6cc([N+](=O)[O-])c(Br)cc6C5(C)Cc5ccc(C)cc5C)C(C)(C)c5c4ccc4ccccc54)c4ccc5ccccc5c4C3(C)C)N(C)c3cc([N+](=O)[O-])c(Br)cc32)c(C)c1. The summed E-state index contributed by atoms with van der Waals surface area (Å²) in [6, 6.07) is 46.5. The summed E-state index contributed by atoms with van der Waals surface area (Å²) in [6.45, 7) is 22.7. The molecule has 4 heterocycles. The van der Waals surface area contributed by atoms with Crippen molar-refractivity contribution >= 4 is 99.0 Å². The van der Waals surface area contributed by atoms with Crippen LogP contribution in [0.2, 0.25) is 0 Å². The van der Waals surface area contributed by atoms with E-state index < -0.39 is 21.7 Å². The lowest BCUT2D eigenvalue weighted by atomic mass is 9.75. The normalized spacial score (nSPS) is 20.1. The largest absolute Gasteiger partial charge is 0.347 e. The molecule has 0 aliphatic carbocycles. The number of hydrogen-bond acceptors (Lipinski definition) is 7. The van der Waals surface area contributed by atoms with Gasteiger partial charge in [0.1, 0.15) is 0 Å². The van der Waals surface area contributed by atoms with Gasteiger partial charge in [0, 0.05) is 83.9 Å². The highest BCUT2D eigenvalue weighted by Crippen LogP contribution is 2.54. The molecule has 0 radical (unpaired) electrons. The summed E-state index contributed by atoms with van der Waals surface area (Å²) in [5.41, 5.74) is 17.9. The van der Waals surface area contributed by atoms with E-state index in [4.69, 9.17) is 4.74 Å². The maximum absolute atomic E-state index is 12.4. The summed E-state index contributed by atoms with van der Waals surface area (Å²) in [4.78, 5) is 28.3. The Labute approximate surface area is 526 Å². The first-order valence-corrected chi connectivity index (χ1v) is 31.2. The Kier molecular flexibility index (Phi) is 14.9. The predicted molar refractivity (Wildman–Crippen MR) is 361 cm³/mol. The number of hydrogen-bond donors (Lipinski definition) is 0. The van der Waals surface area contributed by atoms with Crippen LogP contribution >= 0.6 is 31.9 Å². The van der Waals surface area contributed by atoms with Crippen molar-refractivity contribution in [2.45, 2.75) is 104 Å². The molecule has 87 heavy (non-hydrogen) atoms. The van der Waals surface area contributed by atoms with Gasteiger partial charge in [0.05, 0.1) is 41.0 Å². The van der Waals surface area contributed by atoms with Gasteiger partial charge in [-0.25, -0.2) is 0 Å². The first-order valence-electron chi connectivity index (χ1n) is 29.6. The van der Waals surface area contributed by atoms with E-state index in [1.165, 1.54) is 66.1 Å². The molecule has 0 spiro atoms. The van der Waals surface area contributed by atoms with Crippen molar-refractivity contribution < 1.29 is 23.7 Å². The molecule has 0 N–H and O–H groups in total. The third kappa shape index (κ3) is 9.81. The third-order valence-corrected chi connectivity index (χ3v) is 20.6. The van der Waals surface area contributed by atoms with Crippen LogP contribution in [0, 0.1) is 47.9 Å². The summed E-state index contributed by atoms with van der Waals surface area (Å²) in [5.74, 6) is 0. The zero-order valence-corrected chi connectivity index (χ0v) is 54.6. The van der Waals surface area contributed by atoms with Gasteiger partial charge in [0.2, 0.25) is 11.4 Å². The van der Waals surface area contributed by atoms with Gasteiger partial charge in [-0.15, -0.1) is 0 Å². The molecule has 8 aromatic carbocycles. The lowest BCUT2D eigenvalue weighted by Gasteiger charge is -2.29. The molecule has 13 heteroatoms. The van der Waals surface area contributed by atoms with E-state index in [0.29, 0.717) is 21.8 Å². The fraction of sp³-hybridized carbons (Fsp3) is 0.270. The van der Waals surface area contributed by atoms with Gasteiger partial charge < -0.3 is 9.80 Å². The van der Waals surface area contributed by atoms with E-state index in [1.54, 1.807) is 12.1 Å². The van der Waals surface area contributed by atoms with E-state index >= 15 is 0 Å². The minimum atomic E-state index is -0.535. The van der Waals surface area contributed by atoms with E-state index in [9.17, 15) is 20.2 Å². The second-order valence-corrected chi connectivity index (χ2v) is 27.4. The van der Waals surface area contributed by atoms with Crippen LogP contribution in [0.3, 0.4) is 0 Å². The van der Waals surface area contributed by atoms with Gasteiger partial charge in [0.15, 0.2) is 11.4 Å². The van der Waals surface area contributed by atoms with Crippen molar-refractivity contribution in [3.05, 3.63) is 266 Å². The molecule has 11 nitrogen and oxygen atoms in total. The molecule has 0 saturated carbocycles. The van der Waals surface area contributed by atoms with Gasteiger partial charge >= 0.3 is 0 Å². The quantitative estimate of drug-likeness (QED) is 0.0606. The molecular weight excluding hydrogens is 1210 g/mol. The highest BCUT2D eigenvalue weighted by Gasteiger charge is 2.50. The minimum absolute atomic E-state index is 0.0308. The highest BCUT2D eigenvalue weighted by molar-refractivity contribution is 9.11. The molecule has 2 atom stereocenters. The Bertz CT molecular complexity index is 4210. The number of benzene rings is 8. The Balaban J connectivity index is 0.952. The molecule has 440 valence electrons. The number of aryl methyl sites for hydroxylation is 4. The highest BCUT2D eigenvalue weighted by atomic mass is 79.9. The van der Waals surface area contributed by atoms with Crippen LogP contribution < -0.4 is 9.80 Å². The first kappa shape index (κ1) is 59.2. The number of fused-ring (bicyclic) bond motifs is 8. The first-order chi connectivity index (χ1) is 41.3. The fourth-order valence-electron chi connectivity index (χ4n) is 14.9. The number of likely N-dealkylation sites (N-methyl/N-ethyl adjacent to an activating group) is 2. The third-order valence-electron chi connectivity index (χ3n) is 19.3. The van der Waals surface area contributed by atoms with E-state index in [-0.39, 0.29) is 34.7 Å². The van der Waals surface area contributed by atoms with Gasteiger partial charge in [-0.3, -0.25) is 25.0 Å². The Hall–Kier alpha value is -8.10. The lowest BCUT2D eigenvalue weighted by molar-refractivity contribution is -0.551. The van der Waals surface area contributed by atoms with E-state index in [1.807, 2.05) is 26.2 Å². The van der Waals surface area contributed by atoms with Crippen LogP contribution in [0.25, 0.3) is 21.5 Å². The smallest absolute Gasteiger partial charge is 0.285 e. The molecule has 8 aromatic rings. The predicted octanol–water partition coefficient (Wildman–Crippen LogP) is 18.1. The van der Waals surface area contributed by atoms with Gasteiger partial charge in [-0.05, 0) is 205 Å². The van der Waals surface area contributed by atoms with Crippen molar-refractivity contribution in [1.29, 1.82) is 0 Å². The summed E-state index contributed by atoms with van der Waals surface area (Å²) >= 11 is 7.16. The van der Waals surface area contributed by atoms with Crippen LogP contribution in [0.5, 0.6) is 0 Å². The lowest BCUT2D eigenvalue weighted by Crippen LogP contribution is -2.31. The zero-order chi connectivity index (χ0) is 61.8. The molecule has 4 aliphatic rings. The maximum atomic E-state index is 12.4. The number of nitro groups is 2. The minimum Gasteiger partial charge on any atom is -0.347 e. The van der Waals surface area contributed by atoms with Crippen LogP contribution in [-0.4, -0.2) is 58.0 Å². The standard InChI is InChI=1S/C74H72Br2N6O5/c1-45-27-29-51(47(3)35-45)41-73(9)55-37-57(75)63(81(83)84)39-61(55)77(11)67(73)25-17-23-65-71(5,6)69-53-21-15-13-19-49(53)31-33-59(69)79(65)43-87-44-80-60-34-32-50-20-14-16-22-54(50)70(60)72(7,8)66(80)24-18-26-68-74(10,42-52-30-28-46(2)36-48(52)4)56-38-58(76)64(82(85)86)40-62(56)78(68)12/h13-40H,41-44H2,1-12H3/q+2.